The zero-order valence-corrected chi connectivity index (χ0v) is 19.5. The van der Waals surface area contributed by atoms with E-state index in [1.807, 2.05) is 0 Å². The number of rotatable bonds is 18. The fraction of sp³-hybridized carbons (Fsp3) is 0.630. The highest BCUT2D eigenvalue weighted by Gasteiger charge is 2.33. The lowest BCUT2D eigenvalue weighted by Crippen LogP contribution is -2.05. The molecule has 0 atom stereocenters. The Morgan fingerprint density at radius 2 is 1.19 bits per heavy atom. The van der Waals surface area contributed by atoms with Gasteiger partial charge in [-0.05, 0) is 30.5 Å². The highest BCUT2D eigenvalue weighted by atomic mass is 16.6. The molecule has 0 amide bonds. The Kier molecular flexibility index (Phi) is 12.1. The molecule has 1 aliphatic heterocycles. The molecule has 1 N–H and O–H groups in total. The first kappa shape index (κ1) is 26.1. The lowest BCUT2D eigenvalue weighted by Gasteiger charge is -2.07. The second kappa shape index (κ2) is 14.8. The van der Waals surface area contributed by atoms with Crippen LogP contribution in [0.2, 0.25) is 0 Å². The largest absolute Gasteiger partial charge is 0.478 e. The van der Waals surface area contributed by atoms with Crippen LogP contribution in [0.15, 0.2) is 12.1 Å². The molecule has 5 heteroatoms. The van der Waals surface area contributed by atoms with Gasteiger partial charge in [0.15, 0.2) is 0 Å². The number of carbonyl (C=O) groups is 3. The summed E-state index contributed by atoms with van der Waals surface area (Å²) in [4.78, 5) is 35.1. The van der Waals surface area contributed by atoms with Crippen LogP contribution in [-0.2, 0) is 11.2 Å². The van der Waals surface area contributed by atoms with Crippen LogP contribution in [0.3, 0.4) is 0 Å². The number of carboxylic acids is 1. The minimum absolute atomic E-state index is 0.0273. The quantitative estimate of drug-likeness (QED) is 0.146. The summed E-state index contributed by atoms with van der Waals surface area (Å²) in [5, 5.41) is 9.27. The number of hydrogen-bond donors (Lipinski definition) is 1. The number of carbonyl (C=O) groups excluding carboxylic acids is 2. The van der Waals surface area contributed by atoms with Gasteiger partial charge in [0.05, 0.1) is 16.7 Å². The summed E-state index contributed by atoms with van der Waals surface area (Å²) < 4.78 is 4.67. The monoisotopic (exact) mass is 443 g/mol. The van der Waals surface area contributed by atoms with E-state index in [4.69, 9.17) is 0 Å². The van der Waals surface area contributed by atoms with Crippen molar-refractivity contribution in [1.29, 1.82) is 0 Å². The number of carboxylic acid groups (broad SMARTS) is 1. The second-order valence-corrected chi connectivity index (χ2v) is 8.95. The Balaban J connectivity index is 1.53. The number of ether oxygens (including phenoxy) is 1. The van der Waals surface area contributed by atoms with Crippen molar-refractivity contribution in [1.82, 2.24) is 0 Å². The molecule has 2 rings (SSSR count). The molecule has 0 spiro atoms. The van der Waals surface area contributed by atoms with Crippen molar-refractivity contribution in [3.8, 4) is 0 Å². The van der Waals surface area contributed by atoms with Crippen molar-refractivity contribution < 1.29 is 24.2 Å². The Labute approximate surface area is 192 Å². The summed E-state index contributed by atoms with van der Waals surface area (Å²) in [6.45, 7) is 3.88. The molecule has 1 aromatic rings. The van der Waals surface area contributed by atoms with Gasteiger partial charge in [-0.1, -0.05) is 103 Å². The van der Waals surface area contributed by atoms with Crippen molar-refractivity contribution in [2.45, 2.75) is 109 Å². The van der Waals surface area contributed by atoms with Gasteiger partial charge in [-0.15, -0.1) is 0 Å². The van der Waals surface area contributed by atoms with E-state index in [-0.39, 0.29) is 16.7 Å². The van der Waals surface area contributed by atoms with Crippen LogP contribution >= 0.6 is 0 Å². The third-order valence-corrected chi connectivity index (χ3v) is 6.27. The SMILES string of the molecule is [CH2]CCCCCCCCCCCCCCCCCc1cc(C(=O)O)cc2c1C(=O)OC2=O. The normalized spacial score (nSPS) is 12.8. The van der Waals surface area contributed by atoms with Gasteiger partial charge < -0.3 is 9.84 Å². The molecule has 1 heterocycles. The van der Waals surface area contributed by atoms with Crippen molar-refractivity contribution in [3.63, 3.8) is 0 Å². The molecule has 0 fully saturated rings. The molecule has 0 bridgehead atoms. The molecule has 1 radical (unpaired) electrons. The van der Waals surface area contributed by atoms with Crippen molar-refractivity contribution >= 4 is 17.9 Å². The van der Waals surface area contributed by atoms with Crippen LogP contribution in [0.4, 0.5) is 0 Å². The number of fused-ring (bicyclic) bond motifs is 1. The average molecular weight is 444 g/mol. The molecular formula is C27H39O5. The van der Waals surface area contributed by atoms with Gasteiger partial charge in [0.25, 0.3) is 0 Å². The van der Waals surface area contributed by atoms with Gasteiger partial charge in [0.2, 0.25) is 0 Å². The van der Waals surface area contributed by atoms with E-state index in [9.17, 15) is 19.5 Å². The third kappa shape index (κ3) is 8.76. The van der Waals surface area contributed by atoms with Crippen molar-refractivity contribution in [2.24, 2.45) is 0 Å². The smallest absolute Gasteiger partial charge is 0.347 e. The maximum absolute atomic E-state index is 12.0. The zero-order chi connectivity index (χ0) is 23.2. The maximum Gasteiger partial charge on any atom is 0.347 e. The summed E-state index contributed by atoms with van der Waals surface area (Å²) >= 11 is 0. The summed E-state index contributed by atoms with van der Waals surface area (Å²) in [7, 11) is 0. The summed E-state index contributed by atoms with van der Waals surface area (Å²) in [6.07, 6.45) is 20.6. The molecule has 1 aromatic carbocycles. The molecule has 0 saturated carbocycles. The number of esters is 2. The number of unbranched alkanes of at least 4 members (excludes halogenated alkanes) is 15. The van der Waals surface area contributed by atoms with Crippen molar-refractivity contribution in [3.05, 3.63) is 41.3 Å². The maximum atomic E-state index is 12.0. The number of benzene rings is 1. The van der Waals surface area contributed by atoms with Gasteiger partial charge >= 0.3 is 17.9 Å². The Morgan fingerprint density at radius 3 is 1.66 bits per heavy atom. The third-order valence-electron chi connectivity index (χ3n) is 6.27. The predicted octanol–water partition coefficient (Wildman–Crippen LogP) is 7.31. The summed E-state index contributed by atoms with van der Waals surface area (Å²) in [5.74, 6) is -2.52. The second-order valence-electron chi connectivity index (χ2n) is 8.95. The van der Waals surface area contributed by atoms with E-state index in [2.05, 4.69) is 11.7 Å². The first-order valence-electron chi connectivity index (χ1n) is 12.5. The number of cyclic esters (lactones) is 2. The molecule has 0 unspecified atom stereocenters. The van der Waals surface area contributed by atoms with Crippen molar-refractivity contribution in [2.75, 3.05) is 0 Å². The van der Waals surface area contributed by atoms with E-state index in [1.165, 1.54) is 89.2 Å². The first-order valence-corrected chi connectivity index (χ1v) is 12.5. The molecule has 177 valence electrons. The topological polar surface area (TPSA) is 80.7 Å². The highest BCUT2D eigenvalue weighted by Crippen LogP contribution is 2.27. The molecule has 1 aliphatic rings. The van der Waals surface area contributed by atoms with Crippen LogP contribution in [-0.4, -0.2) is 23.0 Å². The standard InChI is InChI=1S/C27H39O5/c1-2-3-4-5-6-7-8-9-10-11-12-13-14-15-16-17-18-21-19-22(25(28)29)20-23-24(21)27(31)32-26(23)30/h19-20H,1-18H2,(H,28,29). The van der Waals surface area contributed by atoms with E-state index in [0.29, 0.717) is 12.0 Å². The lowest BCUT2D eigenvalue weighted by atomic mass is 9.94. The Bertz CT molecular complexity index is 753. The molecule has 0 aliphatic carbocycles. The summed E-state index contributed by atoms with van der Waals surface area (Å²) in [6, 6.07) is 2.74. The van der Waals surface area contributed by atoms with Gasteiger partial charge in [-0.2, -0.15) is 0 Å². The molecule has 32 heavy (non-hydrogen) atoms. The van der Waals surface area contributed by atoms with E-state index in [0.717, 1.165) is 25.7 Å². The average Bonchev–Trinajstić information content (AvgIpc) is 3.06. The Morgan fingerprint density at radius 1 is 0.719 bits per heavy atom. The van der Waals surface area contributed by atoms with E-state index >= 15 is 0 Å². The predicted molar refractivity (Wildman–Crippen MR) is 126 cm³/mol. The zero-order valence-electron chi connectivity index (χ0n) is 19.5. The molecule has 5 nitrogen and oxygen atoms in total. The number of hydrogen-bond acceptors (Lipinski definition) is 4. The lowest BCUT2D eigenvalue weighted by molar-refractivity contribution is 0.0443. The minimum Gasteiger partial charge on any atom is -0.478 e. The van der Waals surface area contributed by atoms with Crippen LogP contribution in [0.5, 0.6) is 0 Å². The van der Waals surface area contributed by atoms with Crippen LogP contribution in [0, 0.1) is 6.92 Å². The minimum atomic E-state index is -1.11. The molecule has 0 saturated heterocycles. The van der Waals surface area contributed by atoms with Crippen LogP contribution in [0.1, 0.15) is 139 Å². The van der Waals surface area contributed by atoms with Crippen LogP contribution in [0.25, 0.3) is 0 Å². The number of aromatic carboxylic acids is 1. The van der Waals surface area contributed by atoms with Gasteiger partial charge in [-0.3, -0.25) is 0 Å². The van der Waals surface area contributed by atoms with Crippen LogP contribution < -0.4 is 0 Å². The van der Waals surface area contributed by atoms with E-state index < -0.39 is 17.9 Å². The van der Waals surface area contributed by atoms with Gasteiger partial charge in [0, 0.05) is 0 Å². The van der Waals surface area contributed by atoms with Gasteiger partial charge in [0.1, 0.15) is 0 Å². The van der Waals surface area contributed by atoms with Gasteiger partial charge in [-0.25, -0.2) is 14.4 Å². The molecule has 0 aromatic heterocycles. The molecular weight excluding hydrogens is 404 g/mol. The first-order chi connectivity index (χ1) is 15.5. The summed E-state index contributed by atoms with van der Waals surface area (Å²) in [5.41, 5.74) is 0.967. The number of aryl methyl sites for hydroxylation is 1. The fourth-order valence-electron chi connectivity index (χ4n) is 4.41. The Hall–Kier alpha value is -2.17. The van der Waals surface area contributed by atoms with E-state index in [1.54, 1.807) is 0 Å². The highest BCUT2D eigenvalue weighted by molar-refractivity contribution is 6.16. The fourth-order valence-corrected chi connectivity index (χ4v) is 4.41.